The molecule has 1 aromatic carbocycles. The zero-order valence-electron chi connectivity index (χ0n) is 11.3. The second-order valence-electron chi connectivity index (χ2n) is 5.33. The quantitative estimate of drug-likeness (QED) is 0.823. The zero-order chi connectivity index (χ0) is 14.3. The van der Waals surface area contributed by atoms with E-state index >= 15 is 0 Å². The minimum atomic E-state index is -0.370. The smallest absolute Gasteiger partial charge is 0.343 e. The van der Waals surface area contributed by atoms with E-state index in [9.17, 15) is 9.90 Å². The van der Waals surface area contributed by atoms with Crippen LogP contribution in [0.3, 0.4) is 0 Å². The van der Waals surface area contributed by atoms with Crippen LogP contribution in [0.5, 0.6) is 0 Å². The van der Waals surface area contributed by atoms with E-state index in [1.165, 1.54) is 0 Å². The maximum atomic E-state index is 11.9. The second-order valence-corrected chi connectivity index (χ2v) is 5.33. The van der Waals surface area contributed by atoms with Crippen molar-refractivity contribution in [1.82, 2.24) is 0 Å². The van der Waals surface area contributed by atoms with Crippen molar-refractivity contribution in [3.05, 3.63) is 46.0 Å². The molecule has 1 aliphatic rings. The lowest BCUT2D eigenvalue weighted by Gasteiger charge is -2.29. The van der Waals surface area contributed by atoms with Crippen LogP contribution in [0.1, 0.15) is 24.2 Å². The Morgan fingerprint density at radius 1 is 1.35 bits per heavy atom. The predicted molar refractivity (Wildman–Crippen MR) is 79.4 cm³/mol. The molecule has 0 saturated heterocycles. The van der Waals surface area contributed by atoms with Gasteiger partial charge in [0.2, 0.25) is 0 Å². The minimum Gasteiger partial charge on any atom is -0.427 e. The molecule has 0 radical (unpaired) electrons. The summed E-state index contributed by atoms with van der Waals surface area (Å²) in [6.45, 7) is 1.77. The van der Waals surface area contributed by atoms with E-state index in [0.29, 0.717) is 16.8 Å². The van der Waals surface area contributed by atoms with Gasteiger partial charge in [0.25, 0.3) is 0 Å². The summed E-state index contributed by atoms with van der Waals surface area (Å²) in [5.41, 5.74) is 6.76. The van der Waals surface area contributed by atoms with Gasteiger partial charge < -0.3 is 15.3 Å². The molecule has 104 valence electrons. The molecule has 4 nitrogen and oxygen atoms in total. The van der Waals surface area contributed by atoms with E-state index in [2.05, 4.69) is 0 Å². The van der Waals surface area contributed by atoms with Crippen molar-refractivity contribution in [2.24, 2.45) is 5.92 Å². The summed E-state index contributed by atoms with van der Waals surface area (Å²) in [5, 5.41) is 10.9. The molecule has 1 heterocycles. The van der Waals surface area contributed by atoms with Gasteiger partial charge in [0, 0.05) is 17.2 Å². The third-order valence-corrected chi connectivity index (χ3v) is 3.98. The van der Waals surface area contributed by atoms with Crippen LogP contribution in [0, 0.1) is 12.8 Å². The van der Waals surface area contributed by atoms with E-state index in [1.54, 1.807) is 19.1 Å². The fourth-order valence-electron chi connectivity index (χ4n) is 2.56. The van der Waals surface area contributed by atoms with Crippen LogP contribution in [-0.4, -0.2) is 11.2 Å². The van der Waals surface area contributed by atoms with Crippen molar-refractivity contribution >= 4 is 22.5 Å². The molecule has 0 amide bonds. The van der Waals surface area contributed by atoms with Gasteiger partial charge in [0.1, 0.15) is 5.76 Å². The molecule has 1 fully saturated rings. The van der Waals surface area contributed by atoms with E-state index in [1.807, 2.05) is 18.2 Å². The molecule has 3 N–H and O–H groups in total. The average Bonchev–Trinajstić information content (AvgIpc) is 2.41. The monoisotopic (exact) mass is 271 g/mol. The van der Waals surface area contributed by atoms with Crippen LogP contribution in [0.25, 0.3) is 16.8 Å². The molecular formula is C16H17NO3. The molecule has 1 saturated carbocycles. The van der Waals surface area contributed by atoms with Gasteiger partial charge in [-0.05, 0) is 37.3 Å². The Bertz CT molecular complexity index is 745. The van der Waals surface area contributed by atoms with Crippen molar-refractivity contribution in [1.29, 1.82) is 0 Å². The van der Waals surface area contributed by atoms with Gasteiger partial charge in [-0.1, -0.05) is 18.2 Å². The summed E-state index contributed by atoms with van der Waals surface area (Å²) in [6.07, 6.45) is 5.54. The van der Waals surface area contributed by atoms with E-state index < -0.39 is 0 Å². The fraction of sp³-hybridized carbons (Fsp3) is 0.312. The van der Waals surface area contributed by atoms with Crippen LogP contribution < -0.4 is 11.4 Å². The molecule has 2 aromatic rings. The first-order chi connectivity index (χ1) is 9.56. The first kappa shape index (κ1) is 12.9. The van der Waals surface area contributed by atoms with Crippen LogP contribution in [0.2, 0.25) is 0 Å². The first-order valence-electron chi connectivity index (χ1n) is 6.75. The van der Waals surface area contributed by atoms with Crippen molar-refractivity contribution in [2.45, 2.75) is 25.9 Å². The van der Waals surface area contributed by atoms with Gasteiger partial charge in [-0.3, -0.25) is 0 Å². The van der Waals surface area contributed by atoms with Crippen LogP contribution in [0.4, 0.5) is 5.69 Å². The van der Waals surface area contributed by atoms with Gasteiger partial charge >= 0.3 is 5.63 Å². The molecular weight excluding hydrogens is 254 g/mol. The number of aliphatic hydroxyl groups excluding tert-OH is 1. The van der Waals surface area contributed by atoms with Crippen LogP contribution >= 0.6 is 0 Å². The number of hydrogen-bond donors (Lipinski definition) is 2. The Labute approximate surface area is 116 Å². The standard InChI is InChI=1S/C16H17NO3/c1-9-12(5-2-10-3-7-15(10)18)13-6-4-11(17)8-14(13)16(19)20-9/h2,4-6,8,10,15,18H,3,7,17H2,1H3/b5-2-. The molecule has 1 aliphatic carbocycles. The highest BCUT2D eigenvalue weighted by Gasteiger charge is 2.26. The number of benzene rings is 1. The number of hydrogen-bond acceptors (Lipinski definition) is 4. The number of nitrogens with two attached hydrogens (primary N) is 1. The van der Waals surface area contributed by atoms with Crippen molar-refractivity contribution in [3.63, 3.8) is 0 Å². The number of rotatable bonds is 2. The Hall–Kier alpha value is -2.07. The molecule has 20 heavy (non-hydrogen) atoms. The zero-order valence-corrected chi connectivity index (χ0v) is 11.3. The Kier molecular flexibility index (Phi) is 3.10. The number of fused-ring (bicyclic) bond motifs is 1. The van der Waals surface area contributed by atoms with Gasteiger partial charge in [0.15, 0.2) is 0 Å². The summed E-state index contributed by atoms with van der Waals surface area (Å²) >= 11 is 0. The van der Waals surface area contributed by atoms with Crippen LogP contribution in [-0.2, 0) is 0 Å². The van der Waals surface area contributed by atoms with Crippen molar-refractivity contribution in [2.75, 3.05) is 5.73 Å². The molecule has 0 aliphatic heterocycles. The van der Waals surface area contributed by atoms with E-state index in [0.717, 1.165) is 23.8 Å². The molecule has 0 bridgehead atoms. The highest BCUT2D eigenvalue weighted by molar-refractivity contribution is 5.92. The largest absolute Gasteiger partial charge is 0.427 e. The lowest BCUT2D eigenvalue weighted by atomic mass is 9.81. The summed E-state index contributed by atoms with van der Waals surface area (Å²) < 4.78 is 5.26. The Morgan fingerprint density at radius 3 is 2.80 bits per heavy atom. The van der Waals surface area contributed by atoms with E-state index in [4.69, 9.17) is 10.2 Å². The SMILES string of the molecule is Cc1oc(=O)c2cc(N)ccc2c1/C=C\C1CCC1O. The predicted octanol–water partition coefficient (Wildman–Crippen LogP) is 2.47. The first-order valence-corrected chi connectivity index (χ1v) is 6.75. The summed E-state index contributed by atoms with van der Waals surface area (Å²) in [7, 11) is 0. The maximum absolute atomic E-state index is 11.9. The Morgan fingerprint density at radius 2 is 2.15 bits per heavy atom. The van der Waals surface area contributed by atoms with E-state index in [-0.39, 0.29) is 17.6 Å². The highest BCUT2D eigenvalue weighted by atomic mass is 16.4. The average molecular weight is 271 g/mol. The number of anilines is 1. The summed E-state index contributed by atoms with van der Waals surface area (Å²) in [4.78, 5) is 11.9. The topological polar surface area (TPSA) is 76.5 Å². The number of aryl methyl sites for hydroxylation is 1. The molecule has 4 heteroatoms. The molecule has 1 aromatic heterocycles. The third-order valence-electron chi connectivity index (χ3n) is 3.98. The normalized spacial score (nSPS) is 22.3. The van der Waals surface area contributed by atoms with Gasteiger partial charge in [-0.25, -0.2) is 4.79 Å². The summed E-state index contributed by atoms with van der Waals surface area (Å²) in [6, 6.07) is 5.25. The third kappa shape index (κ3) is 2.12. The highest BCUT2D eigenvalue weighted by Crippen LogP contribution is 2.30. The summed E-state index contributed by atoms with van der Waals surface area (Å²) in [5.74, 6) is 0.780. The second kappa shape index (κ2) is 4.80. The van der Waals surface area contributed by atoms with Crippen LogP contribution in [0.15, 0.2) is 33.5 Å². The minimum absolute atomic E-state index is 0.199. The van der Waals surface area contributed by atoms with Gasteiger partial charge in [-0.15, -0.1) is 0 Å². The van der Waals surface area contributed by atoms with Gasteiger partial charge in [-0.2, -0.15) is 0 Å². The van der Waals surface area contributed by atoms with Gasteiger partial charge in [0.05, 0.1) is 11.5 Å². The molecule has 2 unspecified atom stereocenters. The molecule has 3 rings (SSSR count). The van der Waals surface area contributed by atoms with Crippen molar-refractivity contribution < 1.29 is 9.52 Å². The molecule has 2 atom stereocenters. The van der Waals surface area contributed by atoms with Crippen molar-refractivity contribution in [3.8, 4) is 0 Å². The molecule has 0 spiro atoms. The lowest BCUT2D eigenvalue weighted by molar-refractivity contribution is 0.0504. The fourth-order valence-corrected chi connectivity index (χ4v) is 2.56. The number of aliphatic hydroxyl groups is 1. The lowest BCUT2D eigenvalue weighted by Crippen LogP contribution is -2.29. The number of nitrogen functional groups attached to an aromatic ring is 1. The maximum Gasteiger partial charge on any atom is 0.343 e. The Balaban J connectivity index is 2.12.